The summed E-state index contributed by atoms with van der Waals surface area (Å²) in [7, 11) is 0. The summed E-state index contributed by atoms with van der Waals surface area (Å²) in [5.74, 6) is -0.786. The molecule has 0 saturated carbocycles. The Morgan fingerprint density at radius 3 is 2.69 bits per heavy atom. The largest absolute Gasteiger partial charge is 0.365 e. The van der Waals surface area contributed by atoms with Gasteiger partial charge in [0.1, 0.15) is 6.67 Å². The molecule has 1 amide bonds. The summed E-state index contributed by atoms with van der Waals surface area (Å²) in [6.45, 7) is 5.11. The summed E-state index contributed by atoms with van der Waals surface area (Å²) in [5.41, 5.74) is 2.72. The molecule has 1 saturated heterocycles. The molecule has 0 aliphatic carbocycles. The van der Waals surface area contributed by atoms with E-state index in [1.54, 1.807) is 24.3 Å². The van der Waals surface area contributed by atoms with E-state index in [0.29, 0.717) is 23.6 Å². The number of anilines is 6. The Kier molecular flexibility index (Phi) is 7.84. The minimum atomic E-state index is -0.626. The molecular weight excluding hydrogens is 452 g/mol. The average Bonchev–Trinajstić information content (AvgIpc) is 3.40. The van der Waals surface area contributed by atoms with Crippen LogP contribution in [0.25, 0.3) is 0 Å². The van der Waals surface area contributed by atoms with Crippen LogP contribution in [0.3, 0.4) is 0 Å². The molecule has 1 fully saturated rings. The molecule has 182 valence electrons. The lowest BCUT2D eigenvalue weighted by atomic mass is 10.1. The number of nitrogens with one attached hydrogen (secondary N) is 4. The monoisotopic (exact) mass is 479 g/mol. The fourth-order valence-corrected chi connectivity index (χ4v) is 3.90. The number of carbonyl (C=O) groups excluding carboxylic acids is 1. The first-order valence-electron chi connectivity index (χ1n) is 11.3. The summed E-state index contributed by atoms with van der Waals surface area (Å²) >= 11 is 0. The van der Waals surface area contributed by atoms with Gasteiger partial charge in [-0.15, -0.1) is 0 Å². The highest BCUT2D eigenvalue weighted by Crippen LogP contribution is 2.25. The number of amides is 1. The van der Waals surface area contributed by atoms with Crippen molar-refractivity contribution in [1.29, 1.82) is 0 Å². The maximum absolute atomic E-state index is 14.4. The number of hydrogen-bond donors (Lipinski definition) is 4. The van der Waals surface area contributed by atoms with Gasteiger partial charge in [0.05, 0.1) is 6.20 Å². The van der Waals surface area contributed by atoms with Crippen LogP contribution in [-0.4, -0.2) is 48.2 Å². The van der Waals surface area contributed by atoms with Crippen LogP contribution < -0.4 is 26.2 Å². The van der Waals surface area contributed by atoms with E-state index < -0.39 is 12.5 Å². The fraction of sp³-hybridized carbons (Fsp3) is 0.240. The van der Waals surface area contributed by atoms with Crippen LogP contribution >= 0.6 is 0 Å². The third-order valence-electron chi connectivity index (χ3n) is 5.58. The van der Waals surface area contributed by atoms with Crippen LogP contribution in [0.4, 0.5) is 43.3 Å². The molecule has 4 rings (SSSR count). The second-order valence-corrected chi connectivity index (χ2v) is 7.99. The third kappa shape index (κ3) is 6.30. The predicted octanol–water partition coefficient (Wildman–Crippen LogP) is 4.37. The van der Waals surface area contributed by atoms with E-state index in [1.165, 1.54) is 6.08 Å². The molecule has 2 aromatic carbocycles. The summed E-state index contributed by atoms with van der Waals surface area (Å²) < 4.78 is 27.5. The minimum absolute atomic E-state index is 0.0193. The Hall–Kier alpha value is -4.05. The van der Waals surface area contributed by atoms with E-state index in [4.69, 9.17) is 0 Å². The van der Waals surface area contributed by atoms with Crippen molar-refractivity contribution >= 4 is 40.4 Å². The topological polar surface area (TPSA) is 94.2 Å². The van der Waals surface area contributed by atoms with Crippen molar-refractivity contribution in [2.75, 3.05) is 47.2 Å². The lowest BCUT2D eigenvalue weighted by Crippen LogP contribution is -2.38. The van der Waals surface area contributed by atoms with E-state index in [0.717, 1.165) is 31.4 Å². The number of hydrogen-bond acceptors (Lipinski definition) is 7. The molecule has 0 radical (unpaired) electrons. The molecule has 1 atom stereocenters. The van der Waals surface area contributed by atoms with Crippen LogP contribution in [0.15, 0.2) is 67.4 Å². The second-order valence-electron chi connectivity index (χ2n) is 7.99. The van der Waals surface area contributed by atoms with Crippen LogP contribution in [-0.2, 0) is 4.79 Å². The van der Waals surface area contributed by atoms with Crippen LogP contribution in [0.2, 0.25) is 0 Å². The number of nitrogens with zero attached hydrogens (tertiary/aromatic N) is 3. The first-order chi connectivity index (χ1) is 17.1. The number of alkyl halides is 1. The lowest BCUT2D eigenvalue weighted by molar-refractivity contribution is -0.111. The Labute approximate surface area is 202 Å². The van der Waals surface area contributed by atoms with E-state index in [9.17, 15) is 13.6 Å². The molecule has 3 aromatic rings. The minimum Gasteiger partial charge on any atom is -0.365 e. The average molecular weight is 480 g/mol. The Morgan fingerprint density at radius 2 is 1.97 bits per heavy atom. The van der Waals surface area contributed by atoms with E-state index in [1.807, 2.05) is 24.3 Å². The van der Waals surface area contributed by atoms with Gasteiger partial charge >= 0.3 is 0 Å². The normalized spacial score (nSPS) is 14.9. The Balaban J connectivity index is 1.46. The van der Waals surface area contributed by atoms with Crippen LogP contribution in [0.5, 0.6) is 0 Å². The van der Waals surface area contributed by atoms with Crippen molar-refractivity contribution in [2.24, 2.45) is 0 Å². The second kappa shape index (κ2) is 11.4. The van der Waals surface area contributed by atoms with Gasteiger partial charge in [-0.2, -0.15) is 4.98 Å². The highest BCUT2D eigenvalue weighted by atomic mass is 19.1. The highest BCUT2D eigenvalue weighted by Gasteiger charge is 2.22. The first-order valence-corrected chi connectivity index (χ1v) is 11.3. The summed E-state index contributed by atoms with van der Waals surface area (Å²) in [6, 6.07) is 14.6. The summed E-state index contributed by atoms with van der Waals surface area (Å²) in [4.78, 5) is 21.9. The first kappa shape index (κ1) is 24.1. The van der Waals surface area contributed by atoms with Crippen molar-refractivity contribution < 1.29 is 13.6 Å². The van der Waals surface area contributed by atoms with E-state index >= 15 is 0 Å². The number of rotatable bonds is 10. The standard InChI is InChI=1S/C25H27F2N7O/c1-2-23(35)30-18-4-3-5-19(14-18)31-24-22(27)16-29-25(33-24)32-17-6-8-20(9-7-17)34(13-11-26)21-10-12-28-15-21/h2-9,14,16,21,28H,1,10-13,15H2,(H,30,35)(H2,29,31,32,33). The molecule has 0 spiro atoms. The van der Waals surface area contributed by atoms with Crippen LogP contribution in [0, 0.1) is 5.82 Å². The van der Waals surface area contributed by atoms with Gasteiger partial charge in [-0.1, -0.05) is 12.6 Å². The lowest BCUT2D eigenvalue weighted by Gasteiger charge is -2.30. The zero-order valence-electron chi connectivity index (χ0n) is 19.1. The van der Waals surface area contributed by atoms with Gasteiger partial charge in [0.25, 0.3) is 0 Å². The molecule has 1 aromatic heterocycles. The van der Waals surface area contributed by atoms with Gasteiger partial charge < -0.3 is 26.2 Å². The van der Waals surface area contributed by atoms with Crippen molar-refractivity contribution in [3.05, 3.63) is 73.2 Å². The number of halogens is 2. The van der Waals surface area contributed by atoms with Gasteiger partial charge in [0.15, 0.2) is 11.6 Å². The predicted molar refractivity (Wildman–Crippen MR) is 135 cm³/mol. The zero-order chi connectivity index (χ0) is 24.6. The molecule has 2 heterocycles. The molecule has 1 aliphatic heterocycles. The molecule has 35 heavy (non-hydrogen) atoms. The Bertz CT molecular complexity index is 1170. The molecular formula is C25H27F2N7O. The van der Waals surface area contributed by atoms with Crippen LogP contribution in [0.1, 0.15) is 6.42 Å². The van der Waals surface area contributed by atoms with Gasteiger partial charge in [-0.25, -0.2) is 13.8 Å². The molecule has 4 N–H and O–H groups in total. The maximum atomic E-state index is 14.4. The van der Waals surface area contributed by atoms with Gasteiger partial charge in [-0.05, 0) is 61.5 Å². The van der Waals surface area contributed by atoms with Gasteiger partial charge in [-0.3, -0.25) is 4.79 Å². The van der Waals surface area contributed by atoms with Crippen molar-refractivity contribution in [3.63, 3.8) is 0 Å². The SMILES string of the molecule is C=CC(=O)Nc1cccc(Nc2nc(Nc3ccc(N(CCF)C4CCNC4)cc3)ncc2F)c1. The van der Waals surface area contributed by atoms with E-state index in [2.05, 4.69) is 42.7 Å². The number of benzene rings is 2. The van der Waals surface area contributed by atoms with Crippen molar-refractivity contribution in [3.8, 4) is 0 Å². The third-order valence-corrected chi connectivity index (χ3v) is 5.58. The Morgan fingerprint density at radius 1 is 1.17 bits per heavy atom. The molecule has 10 heteroatoms. The molecule has 1 unspecified atom stereocenters. The molecule has 1 aliphatic rings. The fourth-order valence-electron chi connectivity index (χ4n) is 3.90. The summed E-state index contributed by atoms with van der Waals surface area (Å²) in [5, 5.41) is 11.9. The quantitative estimate of drug-likeness (QED) is 0.321. The van der Waals surface area contributed by atoms with E-state index in [-0.39, 0.29) is 23.7 Å². The van der Waals surface area contributed by atoms with Gasteiger partial charge in [0.2, 0.25) is 11.9 Å². The van der Waals surface area contributed by atoms with Gasteiger partial charge in [0, 0.05) is 41.9 Å². The number of carbonyl (C=O) groups is 1. The van der Waals surface area contributed by atoms with Crippen molar-refractivity contribution in [2.45, 2.75) is 12.5 Å². The number of aromatic nitrogens is 2. The van der Waals surface area contributed by atoms with Crippen molar-refractivity contribution in [1.82, 2.24) is 15.3 Å². The zero-order valence-corrected chi connectivity index (χ0v) is 19.1. The molecule has 0 bridgehead atoms. The molecule has 8 nitrogen and oxygen atoms in total. The highest BCUT2D eigenvalue weighted by molar-refractivity contribution is 5.99. The summed E-state index contributed by atoms with van der Waals surface area (Å²) in [6.07, 6.45) is 3.22. The smallest absolute Gasteiger partial charge is 0.247 e. The maximum Gasteiger partial charge on any atom is 0.247 e.